The standard InChI is InChI=1S/C33H28ClF3N4O5S2/c1-2-10-28-26(31(39-48(45,46)33(35,36)37)41(38-28)29-15-8-7-14-27(29)34)21-22-17-19-23(20-18-22)25-13-6-9-16-30(25)47(43,44)40-32(42)24-11-4-3-5-12-24/h3-9,11-20,39H,2,10,21H2,1H3,(H,40,42). The van der Waals surface area contributed by atoms with E-state index in [2.05, 4.69) is 9.82 Å². The van der Waals surface area contributed by atoms with Gasteiger partial charge in [0.05, 0.1) is 21.3 Å². The van der Waals surface area contributed by atoms with Crippen LogP contribution in [0.4, 0.5) is 19.0 Å². The smallest absolute Gasteiger partial charge is 0.268 e. The zero-order chi connectivity index (χ0) is 34.7. The Hall–Kier alpha value is -4.66. The first-order valence-corrected chi connectivity index (χ1v) is 17.8. The molecule has 0 saturated carbocycles. The molecule has 0 saturated heterocycles. The highest BCUT2D eigenvalue weighted by molar-refractivity contribution is 7.93. The zero-order valence-corrected chi connectivity index (χ0v) is 27.6. The largest absolute Gasteiger partial charge is 0.516 e. The number of hydrogen-bond donors (Lipinski definition) is 2. The van der Waals surface area contributed by atoms with Crippen molar-refractivity contribution in [3.63, 3.8) is 0 Å². The van der Waals surface area contributed by atoms with E-state index in [1.165, 1.54) is 36.4 Å². The topological polar surface area (TPSA) is 127 Å². The number of nitrogens with one attached hydrogen (secondary N) is 2. The molecule has 2 N–H and O–H groups in total. The molecule has 0 spiro atoms. The van der Waals surface area contributed by atoms with Gasteiger partial charge in [0.1, 0.15) is 5.82 Å². The van der Waals surface area contributed by atoms with Gasteiger partial charge in [0.2, 0.25) is 0 Å². The van der Waals surface area contributed by atoms with Gasteiger partial charge in [-0.15, -0.1) is 0 Å². The third-order valence-corrected chi connectivity index (χ3v) is 10.0. The fraction of sp³-hybridized carbons (Fsp3) is 0.152. The predicted octanol–water partition coefficient (Wildman–Crippen LogP) is 7.12. The number of aryl methyl sites for hydroxylation is 1. The number of benzene rings is 4. The number of anilines is 1. The maximum Gasteiger partial charge on any atom is 0.516 e. The van der Waals surface area contributed by atoms with Crippen molar-refractivity contribution in [2.75, 3.05) is 4.72 Å². The van der Waals surface area contributed by atoms with E-state index >= 15 is 0 Å². The molecule has 1 heterocycles. The van der Waals surface area contributed by atoms with E-state index in [0.29, 0.717) is 35.2 Å². The average molecular weight is 717 g/mol. The van der Waals surface area contributed by atoms with Crippen LogP contribution in [0.15, 0.2) is 108 Å². The van der Waals surface area contributed by atoms with E-state index in [1.807, 2.05) is 6.92 Å². The summed E-state index contributed by atoms with van der Waals surface area (Å²) >= 11 is 6.34. The van der Waals surface area contributed by atoms with Crippen LogP contribution in [0.3, 0.4) is 0 Å². The number of carbonyl (C=O) groups is 1. The average Bonchev–Trinajstić information content (AvgIpc) is 3.36. The van der Waals surface area contributed by atoms with E-state index in [0.717, 1.165) is 4.68 Å². The van der Waals surface area contributed by atoms with Gasteiger partial charge in [-0.05, 0) is 47.9 Å². The molecule has 9 nitrogen and oxygen atoms in total. The van der Waals surface area contributed by atoms with Crippen molar-refractivity contribution < 1.29 is 34.8 Å². The molecule has 48 heavy (non-hydrogen) atoms. The molecule has 0 aliphatic rings. The molecule has 15 heteroatoms. The lowest BCUT2D eigenvalue weighted by Gasteiger charge is -2.15. The van der Waals surface area contributed by atoms with Crippen LogP contribution in [0.5, 0.6) is 0 Å². The first-order valence-electron chi connectivity index (χ1n) is 14.5. The summed E-state index contributed by atoms with van der Waals surface area (Å²) in [5.41, 5.74) is -3.33. The van der Waals surface area contributed by atoms with Gasteiger partial charge in [-0.25, -0.2) is 17.8 Å². The number of nitrogens with zero attached hydrogens (tertiary/aromatic N) is 2. The maximum absolute atomic E-state index is 13.6. The third-order valence-electron chi connectivity index (χ3n) is 7.26. The van der Waals surface area contributed by atoms with E-state index in [4.69, 9.17) is 11.6 Å². The minimum Gasteiger partial charge on any atom is -0.268 e. The first kappa shape index (κ1) is 34.7. The fourth-order valence-electron chi connectivity index (χ4n) is 4.98. The highest BCUT2D eigenvalue weighted by Gasteiger charge is 2.47. The van der Waals surface area contributed by atoms with Crippen molar-refractivity contribution in [1.82, 2.24) is 14.5 Å². The van der Waals surface area contributed by atoms with E-state index < -0.39 is 37.3 Å². The SMILES string of the molecule is CCCc1nn(-c2ccccc2Cl)c(NS(=O)(=O)C(F)(F)F)c1Cc1ccc(-c2ccccc2S(=O)(=O)NC(=O)c2ccccc2)cc1. The van der Waals surface area contributed by atoms with E-state index in [9.17, 15) is 34.8 Å². The van der Waals surface area contributed by atoms with Crippen LogP contribution in [0.1, 0.15) is 40.5 Å². The van der Waals surface area contributed by atoms with Crippen LogP contribution in [-0.4, -0.2) is 38.0 Å². The molecule has 0 unspecified atom stereocenters. The Morgan fingerprint density at radius 2 is 1.48 bits per heavy atom. The van der Waals surface area contributed by atoms with Gasteiger partial charge >= 0.3 is 15.5 Å². The summed E-state index contributed by atoms with van der Waals surface area (Å²) < 4.78 is 96.8. The molecule has 0 aliphatic heterocycles. The molecule has 0 radical (unpaired) electrons. The molecular formula is C33H28ClF3N4O5S2. The summed E-state index contributed by atoms with van der Waals surface area (Å²) in [4.78, 5) is 12.5. The Labute approximate surface area is 280 Å². The van der Waals surface area contributed by atoms with E-state index in [1.54, 1.807) is 71.5 Å². The minimum absolute atomic E-state index is 0.0249. The van der Waals surface area contributed by atoms with Gasteiger partial charge in [-0.1, -0.05) is 97.7 Å². The summed E-state index contributed by atoms with van der Waals surface area (Å²) in [5.74, 6) is -1.20. The summed E-state index contributed by atoms with van der Waals surface area (Å²) in [6.45, 7) is 1.85. The monoisotopic (exact) mass is 716 g/mol. The number of carbonyl (C=O) groups excluding carboxylic acids is 1. The van der Waals surface area contributed by atoms with Gasteiger partial charge in [0, 0.05) is 23.1 Å². The molecule has 4 aromatic carbocycles. The third kappa shape index (κ3) is 7.40. The van der Waals surface area contributed by atoms with Gasteiger partial charge in [-0.2, -0.15) is 26.7 Å². The van der Waals surface area contributed by atoms with Crippen molar-refractivity contribution in [1.29, 1.82) is 0 Å². The Balaban J connectivity index is 1.52. The van der Waals surface area contributed by atoms with Crippen LogP contribution in [0.25, 0.3) is 16.8 Å². The van der Waals surface area contributed by atoms with Crippen LogP contribution in [0, 0.1) is 0 Å². The zero-order valence-electron chi connectivity index (χ0n) is 25.2. The molecule has 250 valence electrons. The lowest BCUT2D eigenvalue weighted by molar-refractivity contribution is -0.0429. The molecule has 5 rings (SSSR count). The summed E-state index contributed by atoms with van der Waals surface area (Å²) in [6.07, 6.45) is 0.859. The molecule has 0 aliphatic carbocycles. The highest BCUT2D eigenvalue weighted by Crippen LogP contribution is 2.35. The Bertz CT molecular complexity index is 2170. The van der Waals surface area contributed by atoms with Crippen molar-refractivity contribution >= 4 is 43.4 Å². The summed E-state index contributed by atoms with van der Waals surface area (Å²) in [5, 5.41) is 4.62. The second-order valence-corrected chi connectivity index (χ2v) is 14.3. The fourth-order valence-corrected chi connectivity index (χ4v) is 6.98. The first-order chi connectivity index (χ1) is 22.7. The number of rotatable bonds is 11. The Kier molecular flexibility index (Phi) is 9.99. The minimum atomic E-state index is -5.84. The number of hydrogen-bond acceptors (Lipinski definition) is 6. The van der Waals surface area contributed by atoms with Crippen molar-refractivity contribution in [2.45, 2.75) is 36.6 Å². The van der Waals surface area contributed by atoms with Crippen LogP contribution in [-0.2, 0) is 32.9 Å². The number of aromatic nitrogens is 2. The Morgan fingerprint density at radius 1 is 0.854 bits per heavy atom. The van der Waals surface area contributed by atoms with E-state index in [-0.39, 0.29) is 33.2 Å². The number of sulfonamides is 2. The summed E-state index contributed by atoms with van der Waals surface area (Å²) in [6, 6.07) is 26.7. The van der Waals surface area contributed by atoms with Crippen molar-refractivity contribution in [2.24, 2.45) is 0 Å². The van der Waals surface area contributed by atoms with Crippen LogP contribution >= 0.6 is 11.6 Å². The molecule has 5 aromatic rings. The number of alkyl halides is 3. The lowest BCUT2D eigenvalue weighted by Crippen LogP contribution is -2.31. The maximum atomic E-state index is 13.6. The molecular weight excluding hydrogens is 689 g/mol. The summed E-state index contributed by atoms with van der Waals surface area (Å²) in [7, 11) is -10.1. The predicted molar refractivity (Wildman–Crippen MR) is 177 cm³/mol. The molecule has 0 fully saturated rings. The number of halogens is 4. The van der Waals surface area contributed by atoms with Gasteiger partial charge in [0.25, 0.3) is 15.9 Å². The highest BCUT2D eigenvalue weighted by atomic mass is 35.5. The number of para-hydroxylation sites is 1. The van der Waals surface area contributed by atoms with Gasteiger partial charge < -0.3 is 0 Å². The molecule has 0 atom stereocenters. The second kappa shape index (κ2) is 13.8. The van der Waals surface area contributed by atoms with Crippen molar-refractivity contribution in [3.8, 4) is 16.8 Å². The number of amides is 1. The quantitative estimate of drug-likeness (QED) is 0.150. The molecule has 1 amide bonds. The molecule has 0 bridgehead atoms. The second-order valence-electron chi connectivity index (χ2n) is 10.6. The van der Waals surface area contributed by atoms with Crippen LogP contribution in [0.2, 0.25) is 5.02 Å². The lowest BCUT2D eigenvalue weighted by atomic mass is 9.99. The Morgan fingerprint density at radius 3 is 2.12 bits per heavy atom. The van der Waals surface area contributed by atoms with Crippen molar-refractivity contribution in [3.05, 3.63) is 131 Å². The molecule has 1 aromatic heterocycles. The van der Waals surface area contributed by atoms with Gasteiger partial charge in [0.15, 0.2) is 0 Å². The normalized spacial score (nSPS) is 12.1. The van der Waals surface area contributed by atoms with Gasteiger partial charge in [-0.3, -0.25) is 9.52 Å². The van der Waals surface area contributed by atoms with Crippen LogP contribution < -0.4 is 9.44 Å².